The summed E-state index contributed by atoms with van der Waals surface area (Å²) in [5.41, 5.74) is 1.46. The number of hydrogen-bond acceptors (Lipinski definition) is 5. The summed E-state index contributed by atoms with van der Waals surface area (Å²) in [7, 11) is 0. The number of nitrogens with zero attached hydrogens (tertiary/aromatic N) is 4. The fourth-order valence-corrected chi connectivity index (χ4v) is 1.74. The fourth-order valence-electron chi connectivity index (χ4n) is 1.74. The second-order valence-corrected chi connectivity index (χ2v) is 4.13. The average molecular weight is 261 g/mol. The molecule has 7 heteroatoms. The van der Waals surface area contributed by atoms with Crippen molar-refractivity contribution < 1.29 is 4.92 Å². The van der Waals surface area contributed by atoms with Crippen LogP contribution in [0.25, 0.3) is 0 Å². The van der Waals surface area contributed by atoms with Gasteiger partial charge in [-0.15, -0.1) is 0 Å². The number of nitrogens with one attached hydrogen (secondary N) is 1. The van der Waals surface area contributed by atoms with Crippen LogP contribution in [0.2, 0.25) is 0 Å². The van der Waals surface area contributed by atoms with Crippen LogP contribution in [-0.2, 0) is 6.54 Å². The monoisotopic (exact) mass is 261 g/mol. The van der Waals surface area contributed by atoms with Crippen LogP contribution in [0.4, 0.5) is 11.4 Å². The van der Waals surface area contributed by atoms with E-state index < -0.39 is 0 Å². The molecule has 100 valence electrons. The second-order valence-electron chi connectivity index (χ2n) is 4.13. The second kappa shape index (κ2) is 5.94. The first-order valence-corrected chi connectivity index (χ1v) is 6.04. The molecule has 0 bridgehead atoms. The third-order valence-corrected chi connectivity index (χ3v) is 2.64. The topological polar surface area (TPSA) is 85.9 Å². The standard InChI is InChI=1S/C12H15N5O2/c1-2-5-14-11-4-3-10(6-12(11)17(18)19)7-16-9-13-8-15-16/h3-4,6,8-9,14H,2,5,7H2,1H3. The molecule has 0 spiro atoms. The molecule has 0 amide bonds. The van der Waals surface area contributed by atoms with Gasteiger partial charge in [-0.05, 0) is 18.1 Å². The van der Waals surface area contributed by atoms with Crippen molar-refractivity contribution in [2.75, 3.05) is 11.9 Å². The Morgan fingerprint density at radius 3 is 2.95 bits per heavy atom. The van der Waals surface area contributed by atoms with Gasteiger partial charge in [0.15, 0.2) is 0 Å². The number of benzene rings is 1. The summed E-state index contributed by atoms with van der Waals surface area (Å²) in [6, 6.07) is 5.16. The maximum atomic E-state index is 11.1. The van der Waals surface area contributed by atoms with Crippen LogP contribution in [0.1, 0.15) is 18.9 Å². The minimum absolute atomic E-state index is 0.0889. The maximum Gasteiger partial charge on any atom is 0.292 e. The third-order valence-electron chi connectivity index (χ3n) is 2.64. The van der Waals surface area contributed by atoms with Crippen molar-refractivity contribution in [2.45, 2.75) is 19.9 Å². The minimum atomic E-state index is -0.372. The summed E-state index contributed by atoms with van der Waals surface area (Å²) >= 11 is 0. The zero-order valence-electron chi connectivity index (χ0n) is 10.6. The van der Waals surface area contributed by atoms with Crippen molar-refractivity contribution in [3.8, 4) is 0 Å². The molecule has 0 aliphatic carbocycles. The Bertz CT molecular complexity index is 553. The van der Waals surface area contributed by atoms with E-state index in [1.807, 2.05) is 13.0 Å². The first-order chi connectivity index (χ1) is 9.20. The molecule has 1 heterocycles. The number of nitro groups is 1. The van der Waals surface area contributed by atoms with Gasteiger partial charge in [-0.1, -0.05) is 13.0 Å². The van der Waals surface area contributed by atoms with Crippen molar-refractivity contribution in [1.82, 2.24) is 14.8 Å². The highest BCUT2D eigenvalue weighted by Gasteiger charge is 2.14. The van der Waals surface area contributed by atoms with Gasteiger partial charge in [0, 0.05) is 12.6 Å². The Morgan fingerprint density at radius 2 is 2.32 bits per heavy atom. The molecule has 2 aromatic rings. The van der Waals surface area contributed by atoms with Gasteiger partial charge in [0.1, 0.15) is 18.3 Å². The van der Waals surface area contributed by atoms with Crippen molar-refractivity contribution >= 4 is 11.4 Å². The third kappa shape index (κ3) is 3.27. The Hall–Kier alpha value is -2.44. The Kier molecular flexibility index (Phi) is 4.07. The molecular weight excluding hydrogens is 246 g/mol. The molecule has 1 aromatic heterocycles. The van der Waals surface area contributed by atoms with E-state index in [0.717, 1.165) is 12.0 Å². The molecule has 1 N–H and O–H groups in total. The van der Waals surface area contributed by atoms with Crippen LogP contribution in [0.3, 0.4) is 0 Å². The average Bonchev–Trinajstić information content (AvgIpc) is 2.90. The van der Waals surface area contributed by atoms with Crippen LogP contribution >= 0.6 is 0 Å². The smallest absolute Gasteiger partial charge is 0.292 e. The Morgan fingerprint density at radius 1 is 1.47 bits per heavy atom. The molecule has 0 aliphatic heterocycles. The Labute approximate surface area is 110 Å². The summed E-state index contributed by atoms with van der Waals surface area (Å²) in [5.74, 6) is 0. The zero-order chi connectivity index (χ0) is 13.7. The van der Waals surface area contributed by atoms with Crippen molar-refractivity contribution in [1.29, 1.82) is 0 Å². The summed E-state index contributed by atoms with van der Waals surface area (Å²) in [5, 5.41) is 18.1. The van der Waals surface area contributed by atoms with E-state index in [9.17, 15) is 10.1 Å². The molecular formula is C12H15N5O2. The summed E-state index contributed by atoms with van der Waals surface area (Å²) in [4.78, 5) is 14.5. The fraction of sp³-hybridized carbons (Fsp3) is 0.333. The largest absolute Gasteiger partial charge is 0.380 e. The lowest BCUT2D eigenvalue weighted by Gasteiger charge is -2.07. The van der Waals surface area contributed by atoms with Gasteiger partial charge in [0.25, 0.3) is 5.69 Å². The van der Waals surface area contributed by atoms with E-state index in [1.165, 1.54) is 6.33 Å². The lowest BCUT2D eigenvalue weighted by atomic mass is 10.1. The summed E-state index contributed by atoms with van der Waals surface area (Å²) in [6.45, 7) is 3.19. The lowest BCUT2D eigenvalue weighted by Crippen LogP contribution is -2.05. The van der Waals surface area contributed by atoms with Crippen LogP contribution in [0.5, 0.6) is 0 Å². The van der Waals surface area contributed by atoms with Gasteiger partial charge >= 0.3 is 0 Å². The SMILES string of the molecule is CCCNc1ccc(Cn2cncn2)cc1[N+](=O)[O-]. The minimum Gasteiger partial charge on any atom is -0.380 e. The van der Waals surface area contributed by atoms with Crippen LogP contribution in [0, 0.1) is 10.1 Å². The molecule has 0 fully saturated rings. The van der Waals surface area contributed by atoms with Gasteiger partial charge in [0.05, 0.1) is 11.5 Å². The molecule has 1 aromatic carbocycles. The first kappa shape index (κ1) is 13.0. The van der Waals surface area contributed by atoms with E-state index in [0.29, 0.717) is 18.8 Å². The molecule has 0 unspecified atom stereocenters. The van der Waals surface area contributed by atoms with Gasteiger partial charge in [-0.3, -0.25) is 10.1 Å². The van der Waals surface area contributed by atoms with E-state index in [2.05, 4.69) is 15.4 Å². The quantitative estimate of drug-likeness (QED) is 0.635. The van der Waals surface area contributed by atoms with Gasteiger partial charge in [-0.25, -0.2) is 9.67 Å². The van der Waals surface area contributed by atoms with Gasteiger partial charge in [-0.2, -0.15) is 5.10 Å². The molecule has 0 saturated heterocycles. The Balaban J connectivity index is 2.23. The van der Waals surface area contributed by atoms with Gasteiger partial charge < -0.3 is 5.32 Å². The van der Waals surface area contributed by atoms with Crippen molar-refractivity contribution in [3.05, 3.63) is 46.5 Å². The molecule has 0 atom stereocenters. The zero-order valence-corrected chi connectivity index (χ0v) is 10.6. The molecule has 19 heavy (non-hydrogen) atoms. The van der Waals surface area contributed by atoms with Crippen LogP contribution < -0.4 is 5.32 Å². The molecule has 0 radical (unpaired) electrons. The number of hydrogen-bond donors (Lipinski definition) is 1. The van der Waals surface area contributed by atoms with E-state index in [4.69, 9.17) is 0 Å². The number of rotatable bonds is 6. The number of anilines is 1. The maximum absolute atomic E-state index is 11.1. The van der Waals surface area contributed by atoms with E-state index >= 15 is 0 Å². The predicted molar refractivity (Wildman–Crippen MR) is 71.0 cm³/mol. The highest BCUT2D eigenvalue weighted by molar-refractivity contribution is 5.62. The highest BCUT2D eigenvalue weighted by Crippen LogP contribution is 2.25. The van der Waals surface area contributed by atoms with Crippen molar-refractivity contribution in [3.63, 3.8) is 0 Å². The first-order valence-electron chi connectivity index (χ1n) is 6.04. The number of aromatic nitrogens is 3. The summed E-state index contributed by atoms with van der Waals surface area (Å²) < 4.78 is 1.62. The molecule has 0 aliphatic rings. The van der Waals surface area contributed by atoms with Crippen molar-refractivity contribution in [2.24, 2.45) is 0 Å². The number of nitro benzene ring substituents is 1. The molecule has 7 nitrogen and oxygen atoms in total. The van der Waals surface area contributed by atoms with Gasteiger partial charge in [0.2, 0.25) is 0 Å². The van der Waals surface area contributed by atoms with E-state index in [1.54, 1.807) is 23.1 Å². The normalized spacial score (nSPS) is 10.4. The van der Waals surface area contributed by atoms with Crippen LogP contribution in [-0.4, -0.2) is 26.2 Å². The lowest BCUT2D eigenvalue weighted by molar-refractivity contribution is -0.384. The summed E-state index contributed by atoms with van der Waals surface area (Å²) in [6.07, 6.45) is 3.93. The molecule has 0 saturated carbocycles. The highest BCUT2D eigenvalue weighted by atomic mass is 16.6. The molecule has 2 rings (SSSR count). The van der Waals surface area contributed by atoms with Crippen LogP contribution in [0.15, 0.2) is 30.9 Å². The van der Waals surface area contributed by atoms with E-state index in [-0.39, 0.29) is 10.6 Å². The predicted octanol–water partition coefficient (Wildman–Crippen LogP) is 2.06.